The van der Waals surface area contributed by atoms with E-state index in [-0.39, 0.29) is 5.91 Å². The van der Waals surface area contributed by atoms with Crippen LogP contribution >= 0.6 is 39.1 Å². The highest BCUT2D eigenvalue weighted by Gasteiger charge is 2.15. The highest BCUT2D eigenvalue weighted by molar-refractivity contribution is 9.10. The van der Waals surface area contributed by atoms with Crippen LogP contribution < -0.4 is 5.32 Å². The second kappa shape index (κ2) is 7.59. The lowest BCUT2D eigenvalue weighted by Crippen LogP contribution is -2.18. The third-order valence-electron chi connectivity index (χ3n) is 3.53. The zero-order valence-corrected chi connectivity index (χ0v) is 16.3. The molecule has 2 aromatic heterocycles. The Hall–Kier alpha value is -1.83. The smallest absolute Gasteiger partial charge is 0.275 e. The Morgan fingerprint density at radius 1 is 1.28 bits per heavy atom. The number of benzene rings is 1. The standard InChI is InChI=1S/C16H14BrCl2N5O/c1-2-24-14(5-6-20-24)16(25)21-15-11(17)9-23(22-15)8-10-3-4-12(18)13(19)7-10/h3-7,9H,2,8H2,1H3,(H,21,22,25). The SMILES string of the molecule is CCn1nccc1C(=O)Nc1nn(Cc2ccc(Cl)c(Cl)c2)cc1Br. The summed E-state index contributed by atoms with van der Waals surface area (Å²) in [5, 5.41) is 12.3. The third-order valence-corrected chi connectivity index (χ3v) is 4.85. The molecule has 0 spiro atoms. The highest BCUT2D eigenvalue weighted by Crippen LogP contribution is 2.25. The van der Waals surface area contributed by atoms with E-state index in [2.05, 4.69) is 31.4 Å². The Labute approximate surface area is 162 Å². The van der Waals surface area contributed by atoms with Gasteiger partial charge in [0, 0.05) is 18.9 Å². The zero-order valence-electron chi connectivity index (χ0n) is 13.2. The van der Waals surface area contributed by atoms with Crippen LogP contribution in [0.3, 0.4) is 0 Å². The largest absolute Gasteiger partial charge is 0.303 e. The Bertz CT molecular complexity index is 921. The van der Waals surface area contributed by atoms with Crippen molar-refractivity contribution in [3.63, 3.8) is 0 Å². The first-order valence-electron chi connectivity index (χ1n) is 7.48. The summed E-state index contributed by atoms with van der Waals surface area (Å²) in [6, 6.07) is 7.07. The molecule has 0 fully saturated rings. The number of nitrogens with zero attached hydrogens (tertiary/aromatic N) is 4. The quantitative estimate of drug-likeness (QED) is 0.633. The van der Waals surface area contributed by atoms with Crippen LogP contribution in [0.1, 0.15) is 23.0 Å². The van der Waals surface area contributed by atoms with Crippen LogP contribution in [-0.2, 0) is 13.1 Å². The highest BCUT2D eigenvalue weighted by atomic mass is 79.9. The van der Waals surface area contributed by atoms with Crippen LogP contribution in [-0.4, -0.2) is 25.5 Å². The lowest BCUT2D eigenvalue weighted by molar-refractivity contribution is 0.101. The van der Waals surface area contributed by atoms with E-state index >= 15 is 0 Å². The van der Waals surface area contributed by atoms with Gasteiger partial charge in [-0.25, -0.2) is 0 Å². The van der Waals surface area contributed by atoms with Crippen LogP contribution in [0, 0.1) is 0 Å². The maximum Gasteiger partial charge on any atom is 0.275 e. The van der Waals surface area contributed by atoms with Crippen molar-refractivity contribution in [2.24, 2.45) is 0 Å². The molecule has 0 aliphatic carbocycles. The predicted molar refractivity (Wildman–Crippen MR) is 101 cm³/mol. The number of hydrogen-bond acceptors (Lipinski definition) is 3. The summed E-state index contributed by atoms with van der Waals surface area (Å²) < 4.78 is 4.01. The molecule has 6 nitrogen and oxygen atoms in total. The van der Waals surface area contributed by atoms with E-state index < -0.39 is 0 Å². The number of carbonyl (C=O) groups excluding carboxylic acids is 1. The molecular formula is C16H14BrCl2N5O. The summed E-state index contributed by atoms with van der Waals surface area (Å²) in [7, 11) is 0. The van der Waals surface area contributed by atoms with Gasteiger partial charge in [-0.2, -0.15) is 10.2 Å². The number of amides is 1. The van der Waals surface area contributed by atoms with E-state index in [4.69, 9.17) is 23.2 Å². The molecule has 0 bridgehead atoms. The first kappa shape index (κ1) is 18.0. The van der Waals surface area contributed by atoms with Crippen molar-refractivity contribution in [1.82, 2.24) is 19.6 Å². The average Bonchev–Trinajstić information content (AvgIpc) is 3.18. The summed E-state index contributed by atoms with van der Waals surface area (Å²) in [5.41, 5.74) is 1.43. The molecule has 0 saturated carbocycles. The van der Waals surface area contributed by atoms with Gasteiger partial charge in [0.2, 0.25) is 0 Å². The Kier molecular flexibility index (Phi) is 5.46. The number of aryl methyl sites for hydroxylation is 1. The monoisotopic (exact) mass is 441 g/mol. The van der Waals surface area contributed by atoms with Gasteiger partial charge < -0.3 is 5.32 Å². The Balaban J connectivity index is 1.76. The van der Waals surface area contributed by atoms with Gasteiger partial charge >= 0.3 is 0 Å². The Morgan fingerprint density at radius 3 is 2.80 bits per heavy atom. The maximum atomic E-state index is 12.4. The van der Waals surface area contributed by atoms with Crippen molar-refractivity contribution in [1.29, 1.82) is 0 Å². The predicted octanol–water partition coefficient (Wildman–Crippen LogP) is 4.47. The van der Waals surface area contributed by atoms with E-state index in [1.807, 2.05) is 13.0 Å². The molecule has 2 heterocycles. The lowest BCUT2D eigenvalue weighted by Gasteiger charge is -2.05. The molecule has 25 heavy (non-hydrogen) atoms. The molecular weight excluding hydrogens is 429 g/mol. The fourth-order valence-electron chi connectivity index (χ4n) is 2.34. The number of aromatic nitrogens is 4. The first-order chi connectivity index (χ1) is 12.0. The van der Waals surface area contributed by atoms with Gasteiger partial charge in [-0.15, -0.1) is 0 Å². The first-order valence-corrected chi connectivity index (χ1v) is 9.03. The molecule has 1 aromatic carbocycles. The summed E-state index contributed by atoms with van der Waals surface area (Å²) in [6.07, 6.45) is 3.38. The fraction of sp³-hybridized carbons (Fsp3) is 0.188. The molecule has 0 aliphatic rings. The molecule has 1 N–H and O–H groups in total. The van der Waals surface area contributed by atoms with E-state index in [0.717, 1.165) is 5.56 Å². The van der Waals surface area contributed by atoms with Crippen molar-refractivity contribution in [2.45, 2.75) is 20.0 Å². The van der Waals surface area contributed by atoms with Crippen molar-refractivity contribution in [3.05, 3.63) is 62.4 Å². The normalized spacial score (nSPS) is 10.9. The fourth-order valence-corrected chi connectivity index (χ4v) is 3.07. The van der Waals surface area contributed by atoms with Gasteiger partial charge in [0.05, 0.1) is 21.1 Å². The Morgan fingerprint density at radius 2 is 2.08 bits per heavy atom. The van der Waals surface area contributed by atoms with Gasteiger partial charge in [0.1, 0.15) is 5.69 Å². The summed E-state index contributed by atoms with van der Waals surface area (Å²) in [6.45, 7) is 3.03. The van der Waals surface area contributed by atoms with Gasteiger partial charge in [0.15, 0.2) is 5.82 Å². The van der Waals surface area contributed by atoms with Crippen LogP contribution in [0.4, 0.5) is 5.82 Å². The minimum atomic E-state index is -0.264. The van der Waals surface area contributed by atoms with Crippen molar-refractivity contribution in [2.75, 3.05) is 5.32 Å². The third kappa shape index (κ3) is 4.05. The molecule has 130 valence electrons. The van der Waals surface area contributed by atoms with Crippen molar-refractivity contribution >= 4 is 50.9 Å². The van der Waals surface area contributed by atoms with Crippen LogP contribution in [0.25, 0.3) is 0 Å². The van der Waals surface area contributed by atoms with Gasteiger partial charge in [-0.05, 0) is 46.6 Å². The number of rotatable bonds is 5. The molecule has 1 amide bonds. The average molecular weight is 443 g/mol. The molecule has 0 aliphatic heterocycles. The maximum absolute atomic E-state index is 12.4. The zero-order chi connectivity index (χ0) is 18.0. The van der Waals surface area contributed by atoms with E-state index in [9.17, 15) is 4.79 Å². The van der Waals surface area contributed by atoms with E-state index in [1.54, 1.807) is 40.0 Å². The van der Waals surface area contributed by atoms with Gasteiger partial charge in [0.25, 0.3) is 5.91 Å². The minimum Gasteiger partial charge on any atom is -0.303 e. The second-order valence-corrected chi connectivity index (χ2v) is 6.93. The molecule has 3 aromatic rings. The molecule has 0 saturated heterocycles. The number of carbonyl (C=O) groups is 1. The van der Waals surface area contributed by atoms with Crippen LogP contribution in [0.2, 0.25) is 10.0 Å². The molecule has 0 atom stereocenters. The minimum absolute atomic E-state index is 0.264. The van der Waals surface area contributed by atoms with Crippen molar-refractivity contribution < 1.29 is 4.79 Å². The number of nitrogens with one attached hydrogen (secondary N) is 1. The second-order valence-electron chi connectivity index (χ2n) is 5.26. The summed E-state index contributed by atoms with van der Waals surface area (Å²) in [5.74, 6) is 0.175. The number of anilines is 1. The summed E-state index contributed by atoms with van der Waals surface area (Å²) >= 11 is 15.4. The number of halogens is 3. The molecule has 9 heteroatoms. The molecule has 0 unspecified atom stereocenters. The van der Waals surface area contributed by atoms with E-state index in [0.29, 0.717) is 39.1 Å². The summed E-state index contributed by atoms with van der Waals surface area (Å²) in [4.78, 5) is 12.4. The topological polar surface area (TPSA) is 64.7 Å². The van der Waals surface area contributed by atoms with Crippen LogP contribution in [0.5, 0.6) is 0 Å². The van der Waals surface area contributed by atoms with E-state index in [1.165, 1.54) is 0 Å². The lowest BCUT2D eigenvalue weighted by atomic mass is 10.2. The number of hydrogen-bond donors (Lipinski definition) is 1. The van der Waals surface area contributed by atoms with Gasteiger partial charge in [-0.3, -0.25) is 14.2 Å². The van der Waals surface area contributed by atoms with Gasteiger partial charge in [-0.1, -0.05) is 29.3 Å². The molecule has 3 rings (SSSR count). The van der Waals surface area contributed by atoms with Crippen molar-refractivity contribution in [3.8, 4) is 0 Å². The molecule has 0 radical (unpaired) electrons. The van der Waals surface area contributed by atoms with Crippen LogP contribution in [0.15, 0.2) is 41.1 Å².